The second-order valence-electron chi connectivity index (χ2n) is 5.56. The van der Waals surface area contributed by atoms with Crippen LogP contribution < -0.4 is 5.32 Å². The van der Waals surface area contributed by atoms with Gasteiger partial charge in [-0.05, 0) is 39.0 Å². The fraction of sp³-hybridized carbons (Fsp3) is 0.333. The van der Waals surface area contributed by atoms with Crippen molar-refractivity contribution in [3.63, 3.8) is 0 Å². The van der Waals surface area contributed by atoms with Gasteiger partial charge in [-0.3, -0.25) is 4.79 Å². The minimum atomic E-state index is -0.960. The molecule has 0 aliphatic carbocycles. The number of thiazole rings is 1. The Hall–Kier alpha value is -1.86. The number of benzene rings is 1. The third-order valence-electron chi connectivity index (χ3n) is 3.02. The van der Waals surface area contributed by atoms with Crippen molar-refractivity contribution in [2.45, 2.75) is 26.3 Å². The topological polar surface area (TPSA) is 62.2 Å². The van der Waals surface area contributed by atoms with E-state index in [1.54, 1.807) is 20.8 Å². The summed E-state index contributed by atoms with van der Waals surface area (Å²) in [5, 5.41) is 12.3. The van der Waals surface area contributed by atoms with E-state index < -0.39 is 17.2 Å². The molecular weight excluding hydrogens is 310 g/mol. The number of amides is 1. The van der Waals surface area contributed by atoms with Crippen molar-refractivity contribution >= 4 is 17.2 Å². The predicted molar refractivity (Wildman–Crippen MR) is 80.8 cm³/mol. The number of aliphatic hydroxyl groups excluding tert-OH is 1. The van der Waals surface area contributed by atoms with Crippen LogP contribution in [0.3, 0.4) is 0 Å². The first-order valence-electron chi connectivity index (χ1n) is 6.60. The van der Waals surface area contributed by atoms with Crippen LogP contribution in [0, 0.1) is 18.6 Å². The van der Waals surface area contributed by atoms with Crippen LogP contribution in [0.2, 0.25) is 0 Å². The Balaban J connectivity index is 2.31. The molecule has 7 heteroatoms. The summed E-state index contributed by atoms with van der Waals surface area (Å²) >= 11 is 1.09. The first-order chi connectivity index (χ1) is 10.2. The Morgan fingerprint density at radius 3 is 2.64 bits per heavy atom. The summed E-state index contributed by atoms with van der Waals surface area (Å²) in [5.74, 6) is -2.25. The van der Waals surface area contributed by atoms with Crippen LogP contribution in [0.5, 0.6) is 0 Å². The SMILES string of the molecule is Cc1nc(-c2ccc(F)c(F)c2)sc1C(=O)NC(C)(C)CO. The maximum Gasteiger partial charge on any atom is 0.263 e. The molecule has 4 nitrogen and oxygen atoms in total. The minimum absolute atomic E-state index is 0.202. The first-order valence-corrected chi connectivity index (χ1v) is 7.41. The van der Waals surface area contributed by atoms with Crippen molar-refractivity contribution in [1.82, 2.24) is 10.3 Å². The summed E-state index contributed by atoms with van der Waals surface area (Å²) < 4.78 is 26.3. The molecule has 118 valence electrons. The standard InChI is InChI=1S/C15H16F2N2O2S/c1-8-12(13(21)19-15(2,3)7-20)22-14(18-8)9-4-5-10(16)11(17)6-9/h4-6,20H,7H2,1-3H3,(H,19,21). The molecule has 2 N–H and O–H groups in total. The highest BCUT2D eigenvalue weighted by molar-refractivity contribution is 7.17. The smallest absolute Gasteiger partial charge is 0.263 e. The quantitative estimate of drug-likeness (QED) is 0.908. The monoisotopic (exact) mass is 326 g/mol. The molecule has 0 aliphatic rings. The highest BCUT2D eigenvalue weighted by Crippen LogP contribution is 2.29. The Bertz CT molecular complexity index is 714. The number of hydrogen-bond acceptors (Lipinski definition) is 4. The van der Waals surface area contributed by atoms with E-state index in [1.807, 2.05) is 0 Å². The summed E-state index contributed by atoms with van der Waals surface area (Å²) in [7, 11) is 0. The number of nitrogens with one attached hydrogen (secondary N) is 1. The zero-order valence-corrected chi connectivity index (χ0v) is 13.2. The van der Waals surface area contributed by atoms with Gasteiger partial charge in [-0.25, -0.2) is 13.8 Å². The van der Waals surface area contributed by atoms with Crippen LogP contribution in [0.15, 0.2) is 18.2 Å². The van der Waals surface area contributed by atoms with Gasteiger partial charge in [-0.1, -0.05) is 0 Å². The van der Waals surface area contributed by atoms with Gasteiger partial charge in [0, 0.05) is 5.56 Å². The van der Waals surface area contributed by atoms with Crippen molar-refractivity contribution < 1.29 is 18.7 Å². The average molecular weight is 326 g/mol. The lowest BCUT2D eigenvalue weighted by molar-refractivity contribution is 0.0872. The highest BCUT2D eigenvalue weighted by Gasteiger charge is 2.23. The Morgan fingerprint density at radius 2 is 2.05 bits per heavy atom. The number of aryl methyl sites for hydroxylation is 1. The van der Waals surface area contributed by atoms with Crippen molar-refractivity contribution in [2.75, 3.05) is 6.61 Å². The number of carbonyl (C=O) groups is 1. The zero-order chi connectivity index (χ0) is 16.5. The van der Waals surface area contributed by atoms with Gasteiger partial charge in [0.25, 0.3) is 5.91 Å². The number of halogens is 2. The number of aromatic nitrogens is 1. The fourth-order valence-electron chi connectivity index (χ4n) is 1.76. The van der Waals surface area contributed by atoms with Gasteiger partial charge >= 0.3 is 0 Å². The Morgan fingerprint density at radius 1 is 1.36 bits per heavy atom. The molecule has 0 bridgehead atoms. The maximum absolute atomic E-state index is 13.3. The molecule has 1 heterocycles. The summed E-state index contributed by atoms with van der Waals surface area (Å²) in [5.41, 5.74) is 0.152. The second kappa shape index (κ2) is 6.10. The number of rotatable bonds is 4. The van der Waals surface area contributed by atoms with Gasteiger partial charge in [-0.2, -0.15) is 0 Å². The maximum atomic E-state index is 13.3. The lowest BCUT2D eigenvalue weighted by Gasteiger charge is -2.22. The second-order valence-corrected chi connectivity index (χ2v) is 6.56. The molecule has 0 saturated carbocycles. The van der Waals surface area contributed by atoms with Crippen molar-refractivity contribution in [2.24, 2.45) is 0 Å². The molecule has 0 saturated heterocycles. The molecule has 0 unspecified atom stereocenters. The van der Waals surface area contributed by atoms with Gasteiger partial charge in [0.1, 0.15) is 9.88 Å². The lowest BCUT2D eigenvalue weighted by Crippen LogP contribution is -2.46. The van der Waals surface area contributed by atoms with E-state index in [-0.39, 0.29) is 12.5 Å². The molecule has 22 heavy (non-hydrogen) atoms. The van der Waals surface area contributed by atoms with Crippen LogP contribution in [-0.2, 0) is 0 Å². The number of aliphatic hydroxyl groups is 1. The first kappa shape index (κ1) is 16.5. The molecule has 0 radical (unpaired) electrons. The summed E-state index contributed by atoms with van der Waals surface area (Å²) in [6, 6.07) is 3.49. The van der Waals surface area contributed by atoms with Gasteiger partial charge in [0.05, 0.1) is 17.8 Å². The third kappa shape index (κ3) is 3.48. The van der Waals surface area contributed by atoms with E-state index in [4.69, 9.17) is 0 Å². The molecule has 0 spiro atoms. The van der Waals surface area contributed by atoms with Gasteiger partial charge in [-0.15, -0.1) is 11.3 Å². The summed E-state index contributed by atoms with van der Waals surface area (Å²) in [6.07, 6.45) is 0. The molecule has 2 aromatic rings. The van der Waals surface area contributed by atoms with E-state index in [9.17, 15) is 18.7 Å². The normalized spacial score (nSPS) is 11.5. The molecule has 1 amide bonds. The van der Waals surface area contributed by atoms with Crippen molar-refractivity contribution in [3.05, 3.63) is 40.4 Å². The molecule has 0 aliphatic heterocycles. The van der Waals surface area contributed by atoms with Crippen molar-refractivity contribution in [3.8, 4) is 10.6 Å². The predicted octanol–water partition coefficient (Wildman–Crippen LogP) is 2.90. The molecule has 0 atom stereocenters. The van der Waals surface area contributed by atoms with E-state index in [1.165, 1.54) is 6.07 Å². The van der Waals surface area contributed by atoms with Gasteiger partial charge in [0.15, 0.2) is 11.6 Å². The van der Waals surface area contributed by atoms with Gasteiger partial charge < -0.3 is 10.4 Å². The lowest BCUT2D eigenvalue weighted by atomic mass is 10.1. The average Bonchev–Trinajstić information content (AvgIpc) is 2.83. The minimum Gasteiger partial charge on any atom is -0.394 e. The number of carbonyl (C=O) groups excluding carboxylic acids is 1. The van der Waals surface area contributed by atoms with Crippen LogP contribution in [-0.4, -0.2) is 28.1 Å². The van der Waals surface area contributed by atoms with Crippen molar-refractivity contribution in [1.29, 1.82) is 0 Å². The molecule has 0 fully saturated rings. The largest absolute Gasteiger partial charge is 0.394 e. The fourth-order valence-corrected chi connectivity index (χ4v) is 2.72. The summed E-state index contributed by atoms with van der Waals surface area (Å²) in [6.45, 7) is 4.85. The van der Waals surface area contributed by atoms with Crippen LogP contribution in [0.1, 0.15) is 29.2 Å². The van der Waals surface area contributed by atoms with Crippen LogP contribution in [0.25, 0.3) is 10.6 Å². The third-order valence-corrected chi connectivity index (χ3v) is 4.22. The zero-order valence-electron chi connectivity index (χ0n) is 12.4. The van der Waals surface area contributed by atoms with Gasteiger partial charge in [0.2, 0.25) is 0 Å². The van der Waals surface area contributed by atoms with E-state index in [2.05, 4.69) is 10.3 Å². The van der Waals surface area contributed by atoms with Crippen LogP contribution in [0.4, 0.5) is 8.78 Å². The molecule has 1 aromatic carbocycles. The van der Waals surface area contributed by atoms with E-state index in [0.717, 1.165) is 23.5 Å². The molecule has 2 rings (SSSR count). The number of hydrogen-bond donors (Lipinski definition) is 2. The number of nitrogens with zero attached hydrogens (tertiary/aromatic N) is 1. The molecule has 1 aromatic heterocycles. The van der Waals surface area contributed by atoms with E-state index >= 15 is 0 Å². The summed E-state index contributed by atoms with van der Waals surface area (Å²) in [4.78, 5) is 16.8. The van der Waals surface area contributed by atoms with Crippen LogP contribution >= 0.6 is 11.3 Å². The molecular formula is C15H16F2N2O2S. The Labute approximate surface area is 130 Å². The Kier molecular flexibility index (Phi) is 4.58. The highest BCUT2D eigenvalue weighted by atomic mass is 32.1. The van der Waals surface area contributed by atoms with E-state index in [0.29, 0.717) is 21.1 Å².